The molecule has 60 heavy (non-hydrogen) atoms. The number of benzene rings is 4. The molecule has 3 aliphatic heterocycles. The Balaban J connectivity index is 0.984. The van der Waals surface area contributed by atoms with Crippen molar-refractivity contribution >= 4 is 48.1 Å². The molecule has 9 rings (SSSR count). The van der Waals surface area contributed by atoms with Gasteiger partial charge in [-0.1, -0.05) is 92.7 Å². The first kappa shape index (κ1) is 41.1. The number of anilines is 1. The van der Waals surface area contributed by atoms with Crippen LogP contribution in [0.25, 0.3) is 39.1 Å². The van der Waals surface area contributed by atoms with Crippen LogP contribution in [0.15, 0.2) is 102 Å². The van der Waals surface area contributed by atoms with Crippen LogP contribution in [0.5, 0.6) is 5.75 Å². The van der Waals surface area contributed by atoms with Crippen LogP contribution in [-0.2, 0) is 17.5 Å². The highest BCUT2D eigenvalue weighted by molar-refractivity contribution is 6.74. The number of aromatic amines is 1. The number of hydrogen-bond acceptors (Lipinski definition) is 8. The SMILES string of the molecule is CC(C)(C)[Si](C)(C)O[C@@H](CNCc1ccc2c(c1)nnn2C/C=C/c1ccc(-c2ccccc2)c(N(C(=O)O)[C@H]2CN3CCC2CC3)c1)c1ccc(O)c2[nH]c(=O)ccc12. The number of phenolic OH excluding ortho intramolecular Hbond substituents is 1. The van der Waals surface area contributed by atoms with E-state index in [2.05, 4.69) is 65.4 Å². The van der Waals surface area contributed by atoms with Crippen molar-refractivity contribution in [2.24, 2.45) is 5.92 Å². The van der Waals surface area contributed by atoms with E-state index in [0.717, 1.165) is 76.7 Å². The zero-order chi connectivity index (χ0) is 42.2. The van der Waals surface area contributed by atoms with Gasteiger partial charge in [0.15, 0.2) is 8.32 Å². The molecule has 5 heterocycles. The summed E-state index contributed by atoms with van der Waals surface area (Å²) >= 11 is 0. The fraction of sp³-hybridized carbons (Fsp3) is 0.362. The largest absolute Gasteiger partial charge is 0.506 e. The first-order valence-electron chi connectivity index (χ1n) is 20.9. The van der Waals surface area contributed by atoms with Crippen molar-refractivity contribution in [1.29, 1.82) is 0 Å². The van der Waals surface area contributed by atoms with Crippen molar-refractivity contribution in [2.75, 3.05) is 31.1 Å². The number of hydrogen-bond donors (Lipinski definition) is 4. The van der Waals surface area contributed by atoms with E-state index < -0.39 is 14.4 Å². The van der Waals surface area contributed by atoms with Gasteiger partial charge in [-0.05, 0) is 103 Å². The Morgan fingerprint density at radius 2 is 1.82 bits per heavy atom. The minimum atomic E-state index is -2.23. The lowest BCUT2D eigenvalue weighted by atomic mass is 9.82. The molecule has 0 unspecified atom stereocenters. The molecule has 2 aromatic heterocycles. The highest BCUT2D eigenvalue weighted by Crippen LogP contribution is 2.42. The van der Waals surface area contributed by atoms with Crippen LogP contribution in [0.1, 0.15) is 56.4 Å². The number of nitrogens with zero attached hydrogens (tertiary/aromatic N) is 5. The lowest BCUT2D eigenvalue weighted by Crippen LogP contribution is -2.59. The lowest BCUT2D eigenvalue weighted by Gasteiger charge is -2.48. The van der Waals surface area contributed by atoms with Crippen molar-refractivity contribution in [3.8, 4) is 16.9 Å². The zero-order valence-corrected chi connectivity index (χ0v) is 36.1. The van der Waals surface area contributed by atoms with Crippen LogP contribution < -0.4 is 15.8 Å². The van der Waals surface area contributed by atoms with Gasteiger partial charge in [0.2, 0.25) is 5.56 Å². The fourth-order valence-corrected chi connectivity index (χ4v) is 9.82. The number of fused-ring (bicyclic) bond motifs is 5. The Bertz CT molecular complexity index is 2590. The summed E-state index contributed by atoms with van der Waals surface area (Å²) in [5, 5.41) is 34.5. The fourth-order valence-electron chi connectivity index (χ4n) is 8.55. The maximum atomic E-state index is 13.0. The van der Waals surface area contributed by atoms with Crippen molar-refractivity contribution in [3.05, 3.63) is 124 Å². The summed E-state index contributed by atoms with van der Waals surface area (Å²) in [6.07, 6.45) is 4.87. The summed E-state index contributed by atoms with van der Waals surface area (Å²) in [7, 11) is -2.23. The predicted octanol–water partition coefficient (Wildman–Crippen LogP) is 8.79. The number of allylic oxidation sites excluding steroid dienone is 1. The van der Waals surface area contributed by atoms with Crippen LogP contribution in [0.2, 0.25) is 18.1 Å². The van der Waals surface area contributed by atoms with Gasteiger partial charge in [-0.15, -0.1) is 5.10 Å². The maximum Gasteiger partial charge on any atom is 0.412 e. The highest BCUT2D eigenvalue weighted by Gasteiger charge is 2.41. The third kappa shape index (κ3) is 8.53. The Hall–Kier alpha value is -5.60. The van der Waals surface area contributed by atoms with Gasteiger partial charge in [-0.2, -0.15) is 0 Å². The molecule has 0 spiro atoms. The first-order chi connectivity index (χ1) is 28.8. The summed E-state index contributed by atoms with van der Waals surface area (Å²) < 4.78 is 8.84. The summed E-state index contributed by atoms with van der Waals surface area (Å²) in [6, 6.07) is 28.9. The molecule has 6 aromatic rings. The van der Waals surface area contributed by atoms with E-state index in [1.54, 1.807) is 17.0 Å². The maximum absolute atomic E-state index is 13.0. The molecule has 1 amide bonds. The summed E-state index contributed by atoms with van der Waals surface area (Å²) in [5.41, 5.74) is 7.31. The predicted molar refractivity (Wildman–Crippen MR) is 241 cm³/mol. The standard InChI is InChI=1S/C47H55N7O5Si/c1-47(2,3)60(4,5)59-43(36-16-19-42(55)45-37(36)17-20-44(56)49-45)29-48-28-32-14-18-39-38(26-32)50-51-53(39)23-9-10-31-13-15-35(33-11-7-6-8-12-33)40(27-31)54(46(57)58)41-30-52-24-21-34(41)22-25-52/h6-20,26-27,34,41,43,48,55H,21-25,28-30H2,1-5H3,(H,49,56)(H,57,58)/b10-9+/t41-,43-/m0/s1. The van der Waals surface area contributed by atoms with Gasteiger partial charge in [-0.3, -0.25) is 9.69 Å². The minimum Gasteiger partial charge on any atom is -0.506 e. The smallest absolute Gasteiger partial charge is 0.412 e. The number of nitrogens with one attached hydrogen (secondary N) is 2. The second-order valence-corrected chi connectivity index (χ2v) is 22.5. The zero-order valence-electron chi connectivity index (χ0n) is 35.1. The molecular weight excluding hydrogens is 771 g/mol. The normalized spacial score (nSPS) is 18.7. The lowest BCUT2D eigenvalue weighted by molar-refractivity contribution is 0.0838. The van der Waals surface area contributed by atoms with Crippen molar-refractivity contribution in [3.63, 3.8) is 0 Å². The van der Waals surface area contributed by atoms with Crippen LogP contribution in [0, 0.1) is 5.92 Å². The van der Waals surface area contributed by atoms with Crippen LogP contribution in [-0.4, -0.2) is 81.7 Å². The molecule has 13 heteroatoms. The topological polar surface area (TPSA) is 149 Å². The number of phenols is 1. The van der Waals surface area contributed by atoms with Crippen molar-refractivity contribution in [1.82, 2.24) is 30.2 Å². The van der Waals surface area contributed by atoms with Crippen LogP contribution in [0.3, 0.4) is 0 Å². The molecule has 4 aromatic carbocycles. The molecule has 2 atom stereocenters. The van der Waals surface area contributed by atoms with E-state index in [1.807, 2.05) is 83.6 Å². The third-order valence-electron chi connectivity index (χ3n) is 12.8. The van der Waals surface area contributed by atoms with Crippen molar-refractivity contribution < 1.29 is 19.4 Å². The molecule has 12 nitrogen and oxygen atoms in total. The van der Waals surface area contributed by atoms with Gasteiger partial charge >= 0.3 is 6.09 Å². The van der Waals surface area contributed by atoms with E-state index in [4.69, 9.17) is 4.43 Å². The van der Waals surface area contributed by atoms with E-state index >= 15 is 0 Å². The molecule has 4 N–H and O–H groups in total. The molecule has 3 aliphatic rings. The number of carboxylic acid groups (broad SMARTS) is 1. The molecular formula is C47H55N7O5Si. The number of carbonyl (C=O) groups is 1. The van der Waals surface area contributed by atoms with E-state index in [1.165, 1.54) is 6.07 Å². The summed E-state index contributed by atoms with van der Waals surface area (Å²) in [6.45, 7) is 15.5. The molecule has 312 valence electrons. The first-order valence-corrected chi connectivity index (χ1v) is 23.8. The van der Waals surface area contributed by atoms with E-state index in [-0.39, 0.29) is 28.5 Å². The van der Waals surface area contributed by atoms with Crippen LogP contribution in [0.4, 0.5) is 10.5 Å². The second-order valence-electron chi connectivity index (χ2n) is 17.8. The summed E-state index contributed by atoms with van der Waals surface area (Å²) in [5.74, 6) is 0.375. The number of piperidine rings is 3. The molecule has 0 saturated carbocycles. The Kier molecular flexibility index (Phi) is 11.5. The number of aromatic hydroxyl groups is 1. The Labute approximate surface area is 351 Å². The van der Waals surface area contributed by atoms with Gasteiger partial charge in [-0.25, -0.2) is 9.48 Å². The Morgan fingerprint density at radius 1 is 1.03 bits per heavy atom. The number of rotatable bonds is 13. The average Bonchev–Trinajstić information content (AvgIpc) is 3.63. The van der Waals surface area contributed by atoms with Gasteiger partial charge in [0, 0.05) is 36.7 Å². The van der Waals surface area contributed by atoms with E-state index in [9.17, 15) is 19.8 Å². The van der Waals surface area contributed by atoms with E-state index in [0.29, 0.717) is 36.8 Å². The number of H-pyrrole nitrogens is 1. The number of amides is 1. The molecule has 0 aliphatic carbocycles. The quantitative estimate of drug-likeness (QED) is 0.0839. The van der Waals surface area contributed by atoms with Crippen LogP contribution >= 0.6 is 0 Å². The molecule has 2 bridgehead atoms. The third-order valence-corrected chi connectivity index (χ3v) is 17.3. The minimum absolute atomic E-state index is 0.0240. The number of aromatic nitrogens is 4. The molecule has 0 radical (unpaired) electrons. The van der Waals surface area contributed by atoms with Gasteiger partial charge in [0.05, 0.1) is 35.4 Å². The second kappa shape index (κ2) is 16.8. The van der Waals surface area contributed by atoms with Gasteiger partial charge in [0.1, 0.15) is 11.3 Å². The average molecular weight is 826 g/mol. The molecule has 3 saturated heterocycles. The molecule has 3 fully saturated rings. The van der Waals surface area contributed by atoms with Crippen molar-refractivity contribution in [2.45, 2.75) is 77.0 Å². The monoisotopic (exact) mass is 825 g/mol. The van der Waals surface area contributed by atoms with Gasteiger partial charge < -0.3 is 29.8 Å². The number of pyridine rings is 1. The summed E-state index contributed by atoms with van der Waals surface area (Å²) in [4.78, 5) is 32.0. The highest BCUT2D eigenvalue weighted by atomic mass is 28.4. The van der Waals surface area contributed by atoms with Gasteiger partial charge in [0.25, 0.3) is 0 Å². The Morgan fingerprint density at radius 3 is 2.53 bits per heavy atom.